The Morgan fingerprint density at radius 3 is 2.45 bits per heavy atom. The maximum Gasteiger partial charge on any atom is 0.373 e. The van der Waals surface area contributed by atoms with Crippen molar-refractivity contribution in [2.24, 2.45) is 11.8 Å². The lowest BCUT2D eigenvalue weighted by Gasteiger charge is -2.40. The summed E-state index contributed by atoms with van der Waals surface area (Å²) in [5.74, 6) is -1.06. The van der Waals surface area contributed by atoms with Gasteiger partial charge in [0.25, 0.3) is 5.91 Å². The molecule has 2 aliphatic rings. The van der Waals surface area contributed by atoms with Gasteiger partial charge in [-0.15, -0.1) is 5.10 Å². The second kappa shape index (κ2) is 18.7. The van der Waals surface area contributed by atoms with E-state index in [9.17, 15) is 18.8 Å². The van der Waals surface area contributed by atoms with E-state index < -0.39 is 11.8 Å². The first-order valence-electron chi connectivity index (χ1n) is 14.0. The van der Waals surface area contributed by atoms with Crippen LogP contribution in [0.1, 0.15) is 36.5 Å². The number of aliphatic carboxylic acids is 1. The lowest BCUT2D eigenvalue weighted by molar-refractivity contribution is -0.191. The van der Waals surface area contributed by atoms with Crippen LogP contribution in [0.5, 0.6) is 0 Å². The van der Waals surface area contributed by atoms with Gasteiger partial charge >= 0.3 is 12.1 Å². The number of rotatable bonds is 9. The van der Waals surface area contributed by atoms with Crippen LogP contribution in [0.3, 0.4) is 0 Å². The molecule has 1 aromatic carbocycles. The number of carbonyl (C=O) groups is 3. The van der Waals surface area contributed by atoms with Gasteiger partial charge in [-0.05, 0) is 30.7 Å². The number of carbonyl (C=O) groups excluding carboxylic acids is 4. The van der Waals surface area contributed by atoms with E-state index in [4.69, 9.17) is 19.4 Å². The molecular weight excluding hydrogens is 595 g/mol. The van der Waals surface area contributed by atoms with Gasteiger partial charge in [-0.3, -0.25) is 9.59 Å². The van der Waals surface area contributed by atoms with Gasteiger partial charge in [-0.25, -0.2) is 13.9 Å². The third-order valence-corrected chi connectivity index (χ3v) is 7.33. The van der Waals surface area contributed by atoms with Crippen molar-refractivity contribution in [3.63, 3.8) is 0 Å². The standard InChI is InChI=1S/C25H35FN6O3S.C3H4O2.CO2/c1-17(2)15-31(19-12-18(13-27-14-19)24(33)30-8-10-35-11-9-30)25(34)23-22(16-36-3)32(29-28-23)21-7-5-4-6-20(21)26;1-2-3(4)5;2-1-3/h4-7,17-19,27H,8-16H2,1-3H3;2H,1H2,(H,4,5);/t18-,19+;;/m1../s1. The third-order valence-electron chi connectivity index (χ3n) is 6.76. The Bertz CT molecular complexity index is 1290. The second-order valence-corrected chi connectivity index (χ2v) is 11.2. The summed E-state index contributed by atoms with van der Waals surface area (Å²) in [7, 11) is 0. The van der Waals surface area contributed by atoms with Crippen molar-refractivity contribution < 1.29 is 38.2 Å². The lowest BCUT2D eigenvalue weighted by atomic mass is 9.92. The van der Waals surface area contributed by atoms with Crippen molar-refractivity contribution in [1.29, 1.82) is 0 Å². The normalized spacial score (nSPS) is 17.7. The van der Waals surface area contributed by atoms with Gasteiger partial charge in [0.05, 0.1) is 24.8 Å². The van der Waals surface area contributed by atoms with Crippen LogP contribution in [0.2, 0.25) is 0 Å². The molecule has 4 rings (SSSR count). The topological polar surface area (TPSA) is 164 Å². The number of carboxylic acid groups (broad SMARTS) is 1. The van der Waals surface area contributed by atoms with E-state index in [0.717, 1.165) is 6.08 Å². The summed E-state index contributed by atoms with van der Waals surface area (Å²) in [6.45, 7) is 11.1. The van der Waals surface area contributed by atoms with Crippen molar-refractivity contribution >= 4 is 35.7 Å². The Morgan fingerprint density at radius 1 is 1.25 bits per heavy atom. The fourth-order valence-electron chi connectivity index (χ4n) is 4.86. The van der Waals surface area contributed by atoms with Crippen molar-refractivity contribution in [3.05, 3.63) is 54.1 Å². The molecule has 2 saturated heterocycles. The van der Waals surface area contributed by atoms with Crippen LogP contribution in [0.4, 0.5) is 4.39 Å². The number of nitrogens with one attached hydrogen (secondary N) is 1. The number of aromatic nitrogens is 3. The molecule has 0 unspecified atom stereocenters. The van der Waals surface area contributed by atoms with E-state index in [2.05, 4.69) is 36.1 Å². The van der Waals surface area contributed by atoms with Crippen molar-refractivity contribution in [3.8, 4) is 5.69 Å². The predicted octanol–water partition coefficient (Wildman–Crippen LogP) is 1.88. The molecule has 2 fully saturated rings. The smallest absolute Gasteiger partial charge is 0.373 e. The lowest BCUT2D eigenvalue weighted by Crippen LogP contribution is -2.56. The third kappa shape index (κ3) is 10.4. The Morgan fingerprint density at radius 2 is 1.89 bits per heavy atom. The summed E-state index contributed by atoms with van der Waals surface area (Å²) in [5.41, 5.74) is 1.06. The summed E-state index contributed by atoms with van der Waals surface area (Å²) in [5, 5.41) is 19.4. The average Bonchev–Trinajstić information content (AvgIpc) is 3.44. The van der Waals surface area contributed by atoms with Crippen molar-refractivity contribution in [2.45, 2.75) is 32.1 Å². The van der Waals surface area contributed by atoms with Crippen molar-refractivity contribution in [2.75, 3.05) is 52.2 Å². The Labute approximate surface area is 259 Å². The van der Waals surface area contributed by atoms with Gasteiger partial charge in [-0.1, -0.05) is 37.8 Å². The summed E-state index contributed by atoms with van der Waals surface area (Å²) in [4.78, 5) is 56.3. The first-order chi connectivity index (χ1) is 21.1. The Hall–Kier alpha value is -3.91. The molecule has 0 aliphatic carbocycles. The number of hydrogen-bond donors (Lipinski definition) is 2. The van der Waals surface area contributed by atoms with E-state index in [1.807, 2.05) is 16.1 Å². The van der Waals surface area contributed by atoms with Crippen LogP contribution >= 0.6 is 11.8 Å². The summed E-state index contributed by atoms with van der Waals surface area (Å²) < 4.78 is 21.4. The molecule has 1 aromatic heterocycles. The maximum absolute atomic E-state index is 14.6. The minimum absolute atomic E-state index is 0.112. The number of hydrogen-bond acceptors (Lipinski definition) is 10. The molecule has 240 valence electrons. The fourth-order valence-corrected chi connectivity index (χ4v) is 5.40. The molecule has 0 bridgehead atoms. The predicted molar refractivity (Wildman–Crippen MR) is 159 cm³/mol. The molecule has 0 spiro atoms. The van der Waals surface area contributed by atoms with E-state index in [1.165, 1.54) is 22.5 Å². The Kier molecular flexibility index (Phi) is 15.4. The number of para-hydroxylation sites is 1. The number of thioether (sulfide) groups is 1. The molecular formula is C29H39FN6O7S. The van der Waals surface area contributed by atoms with Gasteiger partial charge in [-0.2, -0.15) is 21.4 Å². The number of nitrogens with zero attached hydrogens (tertiary/aromatic N) is 5. The van der Waals surface area contributed by atoms with E-state index in [0.29, 0.717) is 63.8 Å². The second-order valence-electron chi connectivity index (χ2n) is 10.3. The summed E-state index contributed by atoms with van der Waals surface area (Å²) in [6, 6.07) is 6.18. The number of ether oxygens (including phenoxy) is 1. The highest BCUT2D eigenvalue weighted by molar-refractivity contribution is 7.97. The molecule has 3 heterocycles. The first-order valence-corrected chi connectivity index (χ1v) is 15.4. The SMILES string of the molecule is C=CC(=O)O.CSCc1c(C(=O)N(CC(C)C)[C@@H]2CNC[C@H](C(=O)N3CCOCC3)C2)nnn1-c1ccccc1F.O=C=O. The number of benzene rings is 1. The fraction of sp³-hybridized carbons (Fsp3) is 0.517. The van der Waals surface area contributed by atoms with E-state index in [-0.39, 0.29) is 47.2 Å². The number of amides is 2. The zero-order valence-electron chi connectivity index (χ0n) is 25.1. The van der Waals surface area contributed by atoms with Crippen molar-refractivity contribution in [1.82, 2.24) is 30.1 Å². The quantitative estimate of drug-likeness (QED) is 0.387. The Balaban J connectivity index is 0.000000754. The molecule has 2 N–H and O–H groups in total. The van der Waals surface area contributed by atoms with Gasteiger partial charge in [0, 0.05) is 50.6 Å². The molecule has 13 nitrogen and oxygen atoms in total. The summed E-state index contributed by atoms with van der Waals surface area (Å²) >= 11 is 1.52. The molecule has 2 aromatic rings. The minimum Gasteiger partial charge on any atom is -0.478 e. The number of carboxylic acids is 1. The van der Waals surface area contributed by atoms with E-state index >= 15 is 0 Å². The van der Waals surface area contributed by atoms with E-state index in [1.54, 1.807) is 18.2 Å². The van der Waals surface area contributed by atoms with Crippen LogP contribution in [-0.2, 0) is 29.7 Å². The molecule has 2 amide bonds. The monoisotopic (exact) mass is 634 g/mol. The molecule has 15 heteroatoms. The maximum atomic E-state index is 14.6. The number of piperidine rings is 1. The van der Waals surface area contributed by atoms with Gasteiger partial charge in [0.1, 0.15) is 11.5 Å². The largest absolute Gasteiger partial charge is 0.478 e. The molecule has 2 aliphatic heterocycles. The molecule has 44 heavy (non-hydrogen) atoms. The number of halogens is 1. The van der Waals surface area contributed by atoms with Crippen LogP contribution in [-0.4, -0.2) is 112 Å². The zero-order chi connectivity index (χ0) is 32.6. The van der Waals surface area contributed by atoms with Gasteiger partial charge < -0.3 is 25.0 Å². The zero-order valence-corrected chi connectivity index (χ0v) is 25.9. The van der Waals surface area contributed by atoms with Crippen LogP contribution in [0.25, 0.3) is 5.69 Å². The van der Waals surface area contributed by atoms with Crippen LogP contribution in [0.15, 0.2) is 36.9 Å². The van der Waals surface area contributed by atoms with Crippen LogP contribution < -0.4 is 5.32 Å². The average molecular weight is 635 g/mol. The van der Waals surface area contributed by atoms with Crippen LogP contribution in [0, 0.1) is 17.7 Å². The van der Waals surface area contributed by atoms with Gasteiger partial charge in [0.2, 0.25) is 5.91 Å². The highest BCUT2D eigenvalue weighted by atomic mass is 32.2. The number of morpholine rings is 1. The highest BCUT2D eigenvalue weighted by Crippen LogP contribution is 2.25. The molecule has 0 radical (unpaired) electrons. The highest BCUT2D eigenvalue weighted by Gasteiger charge is 2.37. The van der Waals surface area contributed by atoms with Gasteiger partial charge in [0.15, 0.2) is 5.69 Å². The summed E-state index contributed by atoms with van der Waals surface area (Å²) in [6.07, 6.45) is 3.59. The molecule has 2 atom stereocenters. The molecule has 0 saturated carbocycles. The minimum atomic E-state index is -0.981. The first kappa shape index (κ1) is 36.3.